The predicted octanol–water partition coefficient (Wildman–Crippen LogP) is 1.72. The molecule has 25 heavy (non-hydrogen) atoms. The highest BCUT2D eigenvalue weighted by Gasteiger charge is 2.22. The molecular formula is C18H22N4O3. The predicted molar refractivity (Wildman–Crippen MR) is 92.7 cm³/mol. The van der Waals surface area contributed by atoms with Crippen molar-refractivity contribution in [3.05, 3.63) is 53.6 Å². The number of aromatic carboxylic acids is 1. The van der Waals surface area contributed by atoms with E-state index in [0.717, 1.165) is 26.1 Å². The summed E-state index contributed by atoms with van der Waals surface area (Å²) in [5.74, 6) is -1.13. The summed E-state index contributed by atoms with van der Waals surface area (Å²) in [6, 6.07) is 10.5. The molecule has 1 fully saturated rings. The topological polar surface area (TPSA) is 98.3 Å². The maximum Gasteiger partial charge on any atom is 0.354 e. The molecule has 3 N–H and O–H groups in total. The van der Waals surface area contributed by atoms with Crippen LogP contribution in [0.4, 0.5) is 0 Å². The third-order valence-corrected chi connectivity index (χ3v) is 4.56. The average Bonchev–Trinajstić information content (AvgIpc) is 3.13. The summed E-state index contributed by atoms with van der Waals surface area (Å²) in [6.45, 7) is 3.19. The van der Waals surface area contributed by atoms with Gasteiger partial charge in [-0.3, -0.25) is 4.79 Å². The average molecular weight is 342 g/mol. The molecule has 7 nitrogen and oxygen atoms in total. The first kappa shape index (κ1) is 17.2. The lowest BCUT2D eigenvalue weighted by Crippen LogP contribution is -2.40. The van der Waals surface area contributed by atoms with Crippen LogP contribution in [0.25, 0.3) is 0 Å². The van der Waals surface area contributed by atoms with E-state index in [0.29, 0.717) is 12.5 Å². The van der Waals surface area contributed by atoms with Crippen LogP contribution in [0.1, 0.15) is 45.3 Å². The molecular weight excluding hydrogens is 320 g/mol. The number of rotatable bonds is 6. The van der Waals surface area contributed by atoms with Gasteiger partial charge in [0.25, 0.3) is 5.91 Å². The van der Waals surface area contributed by atoms with Crippen LogP contribution in [-0.2, 0) is 0 Å². The zero-order valence-corrected chi connectivity index (χ0v) is 13.9. The number of amides is 1. The lowest BCUT2D eigenvalue weighted by atomic mass is 9.91. The second-order valence-electron chi connectivity index (χ2n) is 6.24. The number of carbonyl (C=O) groups is 2. The van der Waals surface area contributed by atoms with Crippen LogP contribution in [0.3, 0.4) is 0 Å². The van der Waals surface area contributed by atoms with Gasteiger partial charge in [-0.05, 0) is 30.9 Å². The molecule has 1 atom stereocenters. The standard InChI is InChI=1S/C18H22N4O3/c23-17(15-16(18(24)25)21-12-20-15)19-8-10-22-9-4-7-14(11-22)13-5-2-1-3-6-13/h1-3,5-6,12,14H,4,7-11H2,(H,19,23)(H,20,21)(H,24,25)/t14-/m1/s1. The van der Waals surface area contributed by atoms with E-state index in [9.17, 15) is 9.59 Å². The van der Waals surface area contributed by atoms with Gasteiger partial charge < -0.3 is 20.3 Å². The summed E-state index contributed by atoms with van der Waals surface area (Å²) in [6.07, 6.45) is 3.53. The van der Waals surface area contributed by atoms with Crippen molar-refractivity contribution in [2.75, 3.05) is 26.2 Å². The molecule has 3 rings (SSSR count). The molecule has 0 spiro atoms. The van der Waals surface area contributed by atoms with E-state index in [1.807, 2.05) is 6.07 Å². The van der Waals surface area contributed by atoms with Crippen molar-refractivity contribution in [3.63, 3.8) is 0 Å². The van der Waals surface area contributed by atoms with Gasteiger partial charge in [0.05, 0.1) is 6.33 Å². The van der Waals surface area contributed by atoms with Crippen molar-refractivity contribution in [3.8, 4) is 0 Å². The summed E-state index contributed by atoms with van der Waals surface area (Å²) in [4.78, 5) is 31.7. The second kappa shape index (κ2) is 7.94. The summed E-state index contributed by atoms with van der Waals surface area (Å²) >= 11 is 0. The number of hydrogen-bond donors (Lipinski definition) is 3. The molecule has 2 aromatic rings. The molecule has 1 aromatic carbocycles. The van der Waals surface area contributed by atoms with Crippen LogP contribution in [0.2, 0.25) is 0 Å². The first-order valence-electron chi connectivity index (χ1n) is 8.47. The van der Waals surface area contributed by atoms with Crippen molar-refractivity contribution < 1.29 is 14.7 Å². The van der Waals surface area contributed by atoms with Gasteiger partial charge in [0, 0.05) is 19.6 Å². The Kier molecular flexibility index (Phi) is 5.45. The highest BCUT2D eigenvalue weighted by molar-refractivity contribution is 6.02. The fourth-order valence-electron chi connectivity index (χ4n) is 3.30. The van der Waals surface area contributed by atoms with E-state index < -0.39 is 11.9 Å². The lowest BCUT2D eigenvalue weighted by molar-refractivity contribution is 0.0684. The van der Waals surface area contributed by atoms with Gasteiger partial charge in [0.2, 0.25) is 0 Å². The molecule has 0 radical (unpaired) electrons. The summed E-state index contributed by atoms with van der Waals surface area (Å²) in [5, 5.41) is 11.8. The van der Waals surface area contributed by atoms with Crippen LogP contribution < -0.4 is 5.32 Å². The molecule has 1 aromatic heterocycles. The Labute approximate surface area is 146 Å². The summed E-state index contributed by atoms with van der Waals surface area (Å²) in [7, 11) is 0. The third kappa shape index (κ3) is 4.24. The Morgan fingerprint density at radius 3 is 2.88 bits per heavy atom. The smallest absolute Gasteiger partial charge is 0.354 e. The van der Waals surface area contributed by atoms with Crippen molar-refractivity contribution in [1.82, 2.24) is 20.2 Å². The summed E-state index contributed by atoms with van der Waals surface area (Å²) in [5.41, 5.74) is 1.10. The fourth-order valence-corrected chi connectivity index (χ4v) is 3.30. The number of nitrogens with zero attached hydrogens (tertiary/aromatic N) is 2. The molecule has 0 saturated carbocycles. The maximum absolute atomic E-state index is 12.1. The van der Waals surface area contributed by atoms with Crippen molar-refractivity contribution in [2.45, 2.75) is 18.8 Å². The molecule has 0 aliphatic carbocycles. The van der Waals surface area contributed by atoms with Crippen LogP contribution in [0.5, 0.6) is 0 Å². The molecule has 132 valence electrons. The number of benzene rings is 1. The van der Waals surface area contributed by atoms with Crippen molar-refractivity contribution in [1.29, 1.82) is 0 Å². The van der Waals surface area contributed by atoms with Gasteiger partial charge in [-0.2, -0.15) is 0 Å². The maximum atomic E-state index is 12.1. The number of H-pyrrole nitrogens is 1. The van der Waals surface area contributed by atoms with Crippen molar-refractivity contribution in [2.24, 2.45) is 0 Å². The van der Waals surface area contributed by atoms with Crippen LogP contribution in [0.15, 0.2) is 36.7 Å². The highest BCUT2D eigenvalue weighted by atomic mass is 16.4. The number of nitrogens with one attached hydrogen (secondary N) is 2. The molecule has 1 amide bonds. The van der Waals surface area contributed by atoms with Crippen LogP contribution in [0, 0.1) is 0 Å². The Hall–Kier alpha value is -2.67. The minimum Gasteiger partial charge on any atom is -0.477 e. The number of carbonyl (C=O) groups excluding carboxylic acids is 1. The van der Waals surface area contributed by atoms with Gasteiger partial charge in [0.1, 0.15) is 0 Å². The van der Waals surface area contributed by atoms with Gasteiger partial charge in [-0.1, -0.05) is 30.3 Å². The zero-order valence-electron chi connectivity index (χ0n) is 13.9. The van der Waals surface area contributed by atoms with E-state index in [1.54, 1.807) is 0 Å². The fraction of sp³-hybridized carbons (Fsp3) is 0.389. The van der Waals surface area contributed by atoms with Crippen LogP contribution in [-0.4, -0.2) is 58.0 Å². The monoisotopic (exact) mass is 342 g/mol. The minimum absolute atomic E-state index is 0.0756. The molecule has 1 aliphatic rings. The number of aromatic nitrogens is 2. The molecule has 0 bridgehead atoms. The van der Waals surface area contributed by atoms with Gasteiger partial charge in [0.15, 0.2) is 11.4 Å². The molecule has 7 heteroatoms. The van der Waals surface area contributed by atoms with Gasteiger partial charge in [-0.15, -0.1) is 0 Å². The Morgan fingerprint density at radius 2 is 2.12 bits per heavy atom. The second-order valence-corrected chi connectivity index (χ2v) is 6.24. The Balaban J connectivity index is 1.49. The highest BCUT2D eigenvalue weighted by Crippen LogP contribution is 2.26. The van der Waals surface area contributed by atoms with E-state index in [4.69, 9.17) is 5.11 Å². The van der Waals surface area contributed by atoms with Gasteiger partial charge in [-0.25, -0.2) is 9.78 Å². The normalized spacial score (nSPS) is 18.0. The van der Waals surface area contributed by atoms with E-state index in [1.165, 1.54) is 18.3 Å². The zero-order chi connectivity index (χ0) is 17.6. The first-order valence-corrected chi connectivity index (χ1v) is 8.47. The summed E-state index contributed by atoms with van der Waals surface area (Å²) < 4.78 is 0. The largest absolute Gasteiger partial charge is 0.477 e. The molecule has 1 aliphatic heterocycles. The quantitative estimate of drug-likeness (QED) is 0.742. The van der Waals surface area contributed by atoms with E-state index >= 15 is 0 Å². The first-order chi connectivity index (χ1) is 12.1. The number of hydrogen-bond acceptors (Lipinski definition) is 4. The number of piperidine rings is 1. The van der Waals surface area contributed by atoms with Crippen LogP contribution >= 0.6 is 0 Å². The van der Waals surface area contributed by atoms with Gasteiger partial charge >= 0.3 is 5.97 Å². The number of aromatic amines is 1. The van der Waals surface area contributed by atoms with E-state index in [-0.39, 0.29) is 11.4 Å². The van der Waals surface area contributed by atoms with E-state index in [2.05, 4.69) is 44.5 Å². The number of carboxylic acid groups (broad SMARTS) is 1. The van der Waals surface area contributed by atoms with Crippen molar-refractivity contribution >= 4 is 11.9 Å². The number of imidazole rings is 1. The minimum atomic E-state index is -1.19. The molecule has 2 heterocycles. The lowest BCUT2D eigenvalue weighted by Gasteiger charge is -2.33. The third-order valence-electron chi connectivity index (χ3n) is 4.56. The number of carboxylic acids is 1. The molecule has 1 saturated heterocycles. The Bertz CT molecular complexity index is 729. The SMILES string of the molecule is O=C(NCCN1CCC[C@@H](c2ccccc2)C1)c1nc[nH]c1C(=O)O. The number of likely N-dealkylation sites (tertiary alicyclic amines) is 1. The Morgan fingerprint density at radius 1 is 1.32 bits per heavy atom. The molecule has 0 unspecified atom stereocenters.